The van der Waals surface area contributed by atoms with Crippen LogP contribution in [0, 0.1) is 6.92 Å². The van der Waals surface area contributed by atoms with Crippen molar-refractivity contribution >= 4 is 27.3 Å². The molecule has 0 spiro atoms. The molecule has 1 N–H and O–H groups in total. The van der Waals surface area contributed by atoms with Crippen molar-refractivity contribution in [3.05, 3.63) is 90.0 Å². The molecular formula is C22H22N2O3S. The Labute approximate surface area is 165 Å². The molecule has 0 aliphatic heterocycles. The van der Waals surface area contributed by atoms with Crippen LogP contribution in [-0.2, 0) is 21.4 Å². The van der Waals surface area contributed by atoms with Crippen LogP contribution in [0.5, 0.6) is 0 Å². The molecule has 0 atom stereocenters. The lowest BCUT2D eigenvalue weighted by Crippen LogP contribution is -2.31. The molecule has 0 saturated heterocycles. The molecule has 28 heavy (non-hydrogen) atoms. The van der Waals surface area contributed by atoms with E-state index in [0.29, 0.717) is 16.9 Å². The third-order valence-corrected chi connectivity index (χ3v) is 6.21. The predicted molar refractivity (Wildman–Crippen MR) is 112 cm³/mol. The molecule has 0 unspecified atom stereocenters. The largest absolute Gasteiger partial charge is 0.326 e. The molecule has 3 aromatic carbocycles. The first-order valence-electron chi connectivity index (χ1n) is 8.88. The third-order valence-electron chi connectivity index (χ3n) is 4.29. The van der Waals surface area contributed by atoms with Crippen molar-refractivity contribution in [2.75, 3.05) is 9.62 Å². The zero-order valence-electron chi connectivity index (χ0n) is 15.8. The number of benzene rings is 3. The van der Waals surface area contributed by atoms with E-state index in [4.69, 9.17) is 0 Å². The van der Waals surface area contributed by atoms with Gasteiger partial charge in [-0.15, -0.1) is 0 Å². The van der Waals surface area contributed by atoms with E-state index >= 15 is 0 Å². The number of amides is 1. The lowest BCUT2D eigenvalue weighted by atomic mass is 10.2. The first-order chi connectivity index (χ1) is 13.4. The van der Waals surface area contributed by atoms with Gasteiger partial charge in [-0.3, -0.25) is 9.10 Å². The van der Waals surface area contributed by atoms with Gasteiger partial charge in [-0.1, -0.05) is 54.6 Å². The van der Waals surface area contributed by atoms with E-state index in [1.807, 2.05) is 48.5 Å². The molecule has 0 aromatic heterocycles. The quantitative estimate of drug-likeness (QED) is 0.676. The molecule has 0 aliphatic carbocycles. The number of nitrogens with zero attached hydrogens (tertiary/aromatic N) is 1. The van der Waals surface area contributed by atoms with E-state index in [1.54, 1.807) is 31.2 Å². The SMILES string of the molecule is CC(=O)Nc1ccc(C)c(S(=O)(=O)N(Cc2ccccc2)c2ccccc2)c1. The highest BCUT2D eigenvalue weighted by Crippen LogP contribution is 2.29. The van der Waals surface area contributed by atoms with Gasteiger partial charge >= 0.3 is 0 Å². The highest BCUT2D eigenvalue weighted by molar-refractivity contribution is 7.92. The van der Waals surface area contributed by atoms with Crippen molar-refractivity contribution in [3.8, 4) is 0 Å². The van der Waals surface area contributed by atoms with Gasteiger partial charge in [0.2, 0.25) is 5.91 Å². The van der Waals surface area contributed by atoms with E-state index in [2.05, 4.69) is 5.32 Å². The van der Waals surface area contributed by atoms with Crippen LogP contribution in [0.1, 0.15) is 18.1 Å². The van der Waals surface area contributed by atoms with Gasteiger partial charge in [0, 0.05) is 12.6 Å². The average molecular weight is 394 g/mol. The Morgan fingerprint density at radius 3 is 2.14 bits per heavy atom. The highest BCUT2D eigenvalue weighted by atomic mass is 32.2. The Morgan fingerprint density at radius 2 is 1.54 bits per heavy atom. The summed E-state index contributed by atoms with van der Waals surface area (Å²) in [6.07, 6.45) is 0. The molecule has 0 bridgehead atoms. The maximum Gasteiger partial charge on any atom is 0.264 e. The summed E-state index contributed by atoms with van der Waals surface area (Å²) in [5.74, 6) is -0.253. The van der Waals surface area contributed by atoms with Gasteiger partial charge < -0.3 is 5.32 Å². The monoisotopic (exact) mass is 394 g/mol. The number of nitrogens with one attached hydrogen (secondary N) is 1. The van der Waals surface area contributed by atoms with E-state index < -0.39 is 10.0 Å². The third kappa shape index (κ3) is 4.40. The van der Waals surface area contributed by atoms with Crippen LogP contribution >= 0.6 is 0 Å². The summed E-state index contributed by atoms with van der Waals surface area (Å²) in [6, 6.07) is 23.4. The fraction of sp³-hybridized carbons (Fsp3) is 0.136. The van der Waals surface area contributed by atoms with Crippen molar-refractivity contribution < 1.29 is 13.2 Å². The summed E-state index contributed by atoms with van der Waals surface area (Å²) in [5, 5.41) is 2.65. The molecule has 6 heteroatoms. The molecule has 3 aromatic rings. The first kappa shape index (κ1) is 19.6. The fourth-order valence-electron chi connectivity index (χ4n) is 2.94. The predicted octanol–water partition coefficient (Wildman–Crippen LogP) is 4.35. The summed E-state index contributed by atoms with van der Waals surface area (Å²) in [5.41, 5.74) is 2.52. The van der Waals surface area contributed by atoms with Gasteiger partial charge in [-0.05, 0) is 42.3 Å². The Morgan fingerprint density at radius 1 is 0.929 bits per heavy atom. The average Bonchev–Trinajstić information content (AvgIpc) is 2.68. The summed E-state index contributed by atoms with van der Waals surface area (Å²) in [7, 11) is -3.86. The van der Waals surface area contributed by atoms with Crippen molar-refractivity contribution in [1.29, 1.82) is 0 Å². The number of carbonyl (C=O) groups excluding carboxylic acids is 1. The van der Waals surface area contributed by atoms with Gasteiger partial charge in [0.05, 0.1) is 17.1 Å². The number of hydrogen-bond donors (Lipinski definition) is 1. The summed E-state index contributed by atoms with van der Waals surface area (Å²) in [4.78, 5) is 11.5. The van der Waals surface area contributed by atoms with Crippen molar-refractivity contribution in [3.63, 3.8) is 0 Å². The minimum Gasteiger partial charge on any atom is -0.326 e. The van der Waals surface area contributed by atoms with Crippen LogP contribution in [-0.4, -0.2) is 14.3 Å². The molecule has 5 nitrogen and oxygen atoms in total. The maximum absolute atomic E-state index is 13.6. The molecule has 3 rings (SSSR count). The van der Waals surface area contributed by atoms with Gasteiger partial charge in [-0.2, -0.15) is 0 Å². The van der Waals surface area contributed by atoms with Gasteiger partial charge in [0.15, 0.2) is 0 Å². The summed E-state index contributed by atoms with van der Waals surface area (Å²) < 4.78 is 28.6. The number of aryl methyl sites for hydroxylation is 1. The number of para-hydroxylation sites is 1. The van der Waals surface area contributed by atoms with Gasteiger partial charge in [0.25, 0.3) is 10.0 Å². The maximum atomic E-state index is 13.6. The minimum atomic E-state index is -3.86. The van der Waals surface area contributed by atoms with Crippen LogP contribution < -0.4 is 9.62 Å². The van der Waals surface area contributed by atoms with E-state index in [0.717, 1.165) is 5.56 Å². The van der Waals surface area contributed by atoms with Crippen molar-refractivity contribution in [1.82, 2.24) is 0 Å². The second-order valence-electron chi connectivity index (χ2n) is 6.49. The molecule has 0 heterocycles. The minimum absolute atomic E-state index is 0.165. The number of sulfonamides is 1. The topological polar surface area (TPSA) is 66.5 Å². The van der Waals surface area contributed by atoms with Crippen LogP contribution in [0.15, 0.2) is 83.8 Å². The van der Waals surface area contributed by atoms with Crippen LogP contribution in [0.25, 0.3) is 0 Å². The van der Waals surface area contributed by atoms with E-state index in [1.165, 1.54) is 17.3 Å². The molecule has 0 aliphatic rings. The summed E-state index contributed by atoms with van der Waals surface area (Å²) >= 11 is 0. The molecular weight excluding hydrogens is 372 g/mol. The molecule has 1 amide bonds. The lowest BCUT2D eigenvalue weighted by Gasteiger charge is -2.26. The smallest absolute Gasteiger partial charge is 0.264 e. The molecule has 0 radical (unpaired) electrons. The van der Waals surface area contributed by atoms with Crippen molar-refractivity contribution in [2.45, 2.75) is 25.3 Å². The second-order valence-corrected chi connectivity index (χ2v) is 8.33. The Balaban J connectivity index is 2.09. The Bertz CT molecular complexity index is 1070. The van der Waals surface area contributed by atoms with Gasteiger partial charge in [-0.25, -0.2) is 8.42 Å². The first-order valence-corrected chi connectivity index (χ1v) is 10.3. The van der Waals surface area contributed by atoms with Crippen molar-refractivity contribution in [2.24, 2.45) is 0 Å². The highest BCUT2D eigenvalue weighted by Gasteiger charge is 2.27. The standard InChI is InChI=1S/C22H22N2O3S/c1-17-13-14-20(23-18(2)25)15-22(17)28(26,27)24(21-11-7-4-8-12-21)16-19-9-5-3-6-10-19/h3-15H,16H2,1-2H3,(H,23,25). The van der Waals surface area contributed by atoms with Crippen LogP contribution in [0.2, 0.25) is 0 Å². The molecule has 144 valence electrons. The van der Waals surface area contributed by atoms with E-state index in [9.17, 15) is 13.2 Å². The molecule has 0 saturated carbocycles. The van der Waals surface area contributed by atoms with Crippen LogP contribution in [0.3, 0.4) is 0 Å². The van der Waals surface area contributed by atoms with E-state index in [-0.39, 0.29) is 17.3 Å². The normalized spacial score (nSPS) is 11.1. The summed E-state index contributed by atoms with van der Waals surface area (Å²) in [6.45, 7) is 3.34. The number of rotatable bonds is 6. The number of carbonyl (C=O) groups is 1. The number of hydrogen-bond acceptors (Lipinski definition) is 3. The zero-order valence-corrected chi connectivity index (χ0v) is 16.6. The lowest BCUT2D eigenvalue weighted by molar-refractivity contribution is -0.114. The van der Waals surface area contributed by atoms with Crippen LogP contribution in [0.4, 0.5) is 11.4 Å². The fourth-order valence-corrected chi connectivity index (χ4v) is 4.64. The molecule has 0 fully saturated rings. The number of anilines is 2. The second kappa shape index (κ2) is 8.27. The Kier molecular flexibility index (Phi) is 5.80. The van der Waals surface area contributed by atoms with Gasteiger partial charge in [0.1, 0.15) is 0 Å². The Hall–Kier alpha value is -3.12. The zero-order chi connectivity index (χ0) is 20.1.